The van der Waals surface area contributed by atoms with Gasteiger partial charge in [0.1, 0.15) is 51.1 Å². The largest absolute Gasteiger partial charge is 0.477 e. The summed E-state index contributed by atoms with van der Waals surface area (Å²) in [5.41, 5.74) is 44.8. The van der Waals surface area contributed by atoms with Crippen LogP contribution in [0.3, 0.4) is 0 Å². The van der Waals surface area contributed by atoms with Crippen molar-refractivity contribution in [2.75, 3.05) is 17.2 Å². The Morgan fingerprint density at radius 2 is 0.594 bits per heavy atom. The van der Waals surface area contributed by atoms with Gasteiger partial charge in [0.2, 0.25) is 0 Å². The van der Waals surface area contributed by atoms with Crippen molar-refractivity contribution >= 4 is 97.7 Å². The summed E-state index contributed by atoms with van der Waals surface area (Å²) in [6, 6.07) is 39.1. The first-order valence-electron chi connectivity index (χ1n) is 42.8. The predicted octanol–water partition coefficient (Wildman–Crippen LogP) is 18.8. The molecule has 10 aromatic heterocycles. The van der Waals surface area contributed by atoms with Gasteiger partial charge in [-0.3, -0.25) is 46.0 Å². The van der Waals surface area contributed by atoms with Crippen molar-refractivity contribution in [1.29, 1.82) is 0 Å². The number of hydrogen-bond donors (Lipinski definition) is 10. The van der Waals surface area contributed by atoms with Crippen molar-refractivity contribution in [1.82, 2.24) is 22.0 Å². The molecule has 0 aliphatic heterocycles. The summed E-state index contributed by atoms with van der Waals surface area (Å²) in [6.07, 6.45) is 17.5. The van der Waals surface area contributed by atoms with E-state index in [-0.39, 0.29) is 80.8 Å². The Labute approximate surface area is 764 Å². The number of nitrogen functional groups attached to an aromatic ring is 3. The van der Waals surface area contributed by atoms with Gasteiger partial charge in [0, 0.05) is 61.3 Å². The number of aromatic carboxylic acids is 5. The lowest BCUT2D eigenvalue weighted by molar-refractivity contribution is 0.0683. The fraction of sp³-hybridized carbons (Fsp3) is 0.216. The molecule has 5 aliphatic carbocycles. The van der Waals surface area contributed by atoms with Crippen LogP contribution in [-0.4, -0.2) is 77.4 Å². The number of carboxylic acids is 5. The molecule has 0 unspecified atom stereocenters. The summed E-state index contributed by atoms with van der Waals surface area (Å²) in [4.78, 5) is 120. The van der Waals surface area contributed by atoms with Crippen LogP contribution in [-0.2, 0) is 13.1 Å². The number of aromatic nitrogens is 5. The van der Waals surface area contributed by atoms with Crippen LogP contribution in [0.25, 0.3) is 83.2 Å². The summed E-state index contributed by atoms with van der Waals surface area (Å²) < 4.78 is 63.4. The van der Waals surface area contributed by atoms with E-state index in [0.717, 1.165) is 176 Å². The SMILES string of the molecule is Cc1c(-c2cc(Cl)c(N)c(Cl)c2)ccn2c(=O)c(C(=O)O)cc(C3CC3)c12.Cc1c(-c2cc(F)c(N)cc2F)ccn2c(=O)c(C(=O)O)cc(C3CC3)c12.Cc1c(-c2ccc(CN)c(F)c2)ccn2c(=O)c(C(=O)O)cc(C3CC3)c12.Cc1c(-c2ccc(CN)cc2)ccn2c(=O)c(C(=O)O)cc(C3CC3)c12.Cc1c(-c2ccc(N)c(F)c2)ccn2c(=O)c(C(=O)O)cc(C3CC3)c12. The van der Waals surface area contributed by atoms with Crippen LogP contribution in [0.5, 0.6) is 0 Å². The van der Waals surface area contributed by atoms with Gasteiger partial charge in [0.15, 0.2) is 0 Å². The van der Waals surface area contributed by atoms with Gasteiger partial charge in [0.25, 0.3) is 27.8 Å². The van der Waals surface area contributed by atoms with Crippen LogP contribution < -0.4 is 56.5 Å². The maximum Gasteiger partial charge on any atom is 0.341 e. The Bertz CT molecular complexity index is 7820. The summed E-state index contributed by atoms with van der Waals surface area (Å²) in [7, 11) is 0. The molecular weight excluding hydrogens is 1750 g/mol. The maximum atomic E-state index is 14.4. The molecule has 20 rings (SSSR count). The summed E-state index contributed by atoms with van der Waals surface area (Å²) in [6.45, 7) is 9.99. The summed E-state index contributed by atoms with van der Waals surface area (Å²) in [5, 5.41) is 47.5. The van der Waals surface area contributed by atoms with Gasteiger partial charge in [-0.1, -0.05) is 65.7 Å². The van der Waals surface area contributed by atoms with Crippen molar-refractivity contribution in [3.05, 3.63) is 356 Å². The molecule has 31 heteroatoms. The summed E-state index contributed by atoms with van der Waals surface area (Å²) >= 11 is 12.4. The van der Waals surface area contributed by atoms with E-state index in [1.54, 1.807) is 80.2 Å². The van der Waals surface area contributed by atoms with E-state index >= 15 is 0 Å². The van der Waals surface area contributed by atoms with Crippen molar-refractivity contribution in [3.8, 4) is 55.6 Å². The standard InChI is InChI=1S/C21H19FN2O3.C21H20N2O3.C20H16Cl2N2O3.C20H16F2N2O3.C20H17FN2O3/c1-11-15(13-4-5-14(10-23)18(22)8-13)6-7-24-19(11)16(12-2-3-12)9-17(20(24)25)21(26)27;1-12-16(14-4-2-13(11-22)3-5-14)8-9-23-19(12)17(15-6-7-15)10-18(20(23)24)21(25)26;1-9-12(11-6-15(21)17(23)16(22)7-11)4-5-24-18(9)13(10-2-3-10)8-14(19(24)25)20(26)27;1-9-11(13-7-16(22)17(23)8-15(13)21)4-5-24-18(9)12(10-2-3-10)6-14(19(24)25)20(26)27;1-10-13(12-4-5-17(22)16(21)8-12)6-7-23-18(10)14(11-2-3-11)9-15(19(23)24)20(25)26/h4-9,12H,2-3,10,23H2,1H3,(H,26,27);2-5,8-10,15H,6-7,11,22H2,1H3,(H,25,26);2*4-8,10H,2-3,23H2,1H3,(H,26,27);4-9,11H,2-3,22H2,1H3,(H,25,26). The fourth-order valence-corrected chi connectivity index (χ4v) is 18.2. The van der Waals surface area contributed by atoms with Gasteiger partial charge in [-0.25, -0.2) is 41.5 Å². The highest BCUT2D eigenvalue weighted by molar-refractivity contribution is 6.39. The highest BCUT2D eigenvalue weighted by Gasteiger charge is 2.36. The van der Waals surface area contributed by atoms with E-state index in [1.807, 2.05) is 64.1 Å². The molecule has 0 spiro atoms. The minimum atomic E-state index is -1.29. The van der Waals surface area contributed by atoms with E-state index in [0.29, 0.717) is 72.6 Å². The van der Waals surface area contributed by atoms with Crippen LogP contribution >= 0.6 is 23.2 Å². The van der Waals surface area contributed by atoms with Crippen molar-refractivity contribution in [2.45, 2.75) is 142 Å². The van der Waals surface area contributed by atoms with Crippen LogP contribution in [0.1, 0.15) is 212 Å². The van der Waals surface area contributed by atoms with Gasteiger partial charge in [-0.2, -0.15) is 0 Å². The Balaban J connectivity index is 0.000000121. The zero-order valence-electron chi connectivity index (χ0n) is 72.3. The molecule has 5 aliphatic rings. The Hall–Kier alpha value is -14.8. The smallest absolute Gasteiger partial charge is 0.341 e. The Kier molecular flexibility index (Phi) is 24.9. The number of fused-ring (bicyclic) bond motifs is 5. The molecule has 10 heterocycles. The number of hydrogen-bond acceptors (Lipinski definition) is 15. The van der Waals surface area contributed by atoms with Crippen molar-refractivity contribution in [3.63, 3.8) is 0 Å². The van der Waals surface area contributed by atoms with Crippen LogP contribution in [0.2, 0.25) is 10.0 Å². The normalized spacial score (nSPS) is 13.9. The first kappa shape index (κ1) is 91.5. The number of nitrogens with two attached hydrogens (primary N) is 5. The third-order valence-corrected chi connectivity index (χ3v) is 26.1. The van der Waals surface area contributed by atoms with Crippen LogP contribution in [0.4, 0.5) is 34.6 Å². The van der Waals surface area contributed by atoms with E-state index in [9.17, 15) is 91.0 Å². The molecule has 15 aromatic rings. The molecule has 0 saturated heterocycles. The topological polar surface area (TPSA) is 424 Å². The number of pyridine rings is 10. The number of nitrogens with zero attached hydrogens (tertiary/aromatic N) is 5. The van der Waals surface area contributed by atoms with Gasteiger partial charge in [-0.05, 0) is 337 Å². The van der Waals surface area contributed by atoms with Gasteiger partial charge in [0.05, 0.1) is 54.7 Å². The average Bonchev–Trinajstić information content (AvgIpc) is 1.61. The molecule has 0 radical (unpaired) electrons. The second-order valence-corrected chi connectivity index (χ2v) is 35.0. The van der Waals surface area contributed by atoms with Gasteiger partial charge >= 0.3 is 29.8 Å². The maximum absolute atomic E-state index is 14.4. The highest BCUT2D eigenvalue weighted by Crippen LogP contribution is 2.50. The van der Waals surface area contributed by atoms with Crippen molar-refractivity contribution in [2.24, 2.45) is 11.5 Å². The van der Waals surface area contributed by atoms with Crippen LogP contribution in [0, 0.1) is 57.9 Å². The minimum absolute atomic E-state index is 0.0400. The number of carbonyl (C=O) groups is 5. The molecule has 15 N–H and O–H groups in total. The molecule has 0 bridgehead atoms. The number of carboxylic acid groups (broad SMARTS) is 5. The lowest BCUT2D eigenvalue weighted by Gasteiger charge is -2.16. The highest BCUT2D eigenvalue weighted by atomic mass is 35.5. The predicted molar refractivity (Wildman–Crippen MR) is 503 cm³/mol. The number of aryl methyl sites for hydroxylation is 5. The molecule has 25 nitrogen and oxygen atoms in total. The second kappa shape index (κ2) is 36.2. The van der Waals surface area contributed by atoms with Crippen LogP contribution in [0.15, 0.2) is 201 Å². The van der Waals surface area contributed by atoms with E-state index < -0.39 is 75.1 Å². The Morgan fingerprint density at radius 3 is 0.887 bits per heavy atom. The van der Waals surface area contributed by atoms with Gasteiger partial charge in [-0.15, -0.1) is 0 Å². The third-order valence-electron chi connectivity index (χ3n) is 25.5. The first-order chi connectivity index (χ1) is 63.4. The molecule has 5 aromatic carbocycles. The van der Waals surface area contributed by atoms with Crippen molar-refractivity contribution < 1.29 is 67.1 Å². The fourth-order valence-electron chi connectivity index (χ4n) is 17.7. The molecule has 678 valence electrons. The quantitative estimate of drug-likeness (QED) is 0.0299. The molecule has 0 atom stereocenters. The monoisotopic (exact) mass is 1840 g/mol. The first-order valence-corrected chi connectivity index (χ1v) is 43.6. The summed E-state index contributed by atoms with van der Waals surface area (Å²) in [5.74, 6) is -7.13. The Morgan fingerprint density at radius 1 is 0.316 bits per heavy atom. The third kappa shape index (κ3) is 17.6. The molecule has 133 heavy (non-hydrogen) atoms. The van der Waals surface area contributed by atoms with Gasteiger partial charge < -0.3 is 54.2 Å². The van der Waals surface area contributed by atoms with E-state index in [1.165, 1.54) is 76.7 Å². The van der Waals surface area contributed by atoms with E-state index in [4.69, 9.17) is 51.9 Å². The molecule has 0 amide bonds. The minimum Gasteiger partial charge on any atom is -0.477 e. The zero-order chi connectivity index (χ0) is 95.2. The molecular formula is C102H88Cl2F4N10O15. The molecule has 5 fully saturated rings. The molecule has 5 saturated carbocycles. The lowest BCUT2D eigenvalue weighted by atomic mass is 9.96. The number of anilines is 3. The number of halogens is 6. The zero-order valence-corrected chi connectivity index (χ0v) is 73.8. The lowest BCUT2D eigenvalue weighted by Crippen LogP contribution is -2.23. The number of rotatable bonds is 17. The average molecular weight is 1840 g/mol. The van der Waals surface area contributed by atoms with E-state index in [2.05, 4.69) is 0 Å². The number of benzene rings is 5. The second-order valence-electron chi connectivity index (χ2n) is 34.2.